The summed E-state index contributed by atoms with van der Waals surface area (Å²) in [6.07, 6.45) is 0.603. The van der Waals surface area contributed by atoms with Crippen molar-refractivity contribution in [2.45, 2.75) is 33.1 Å². The molecule has 2 heterocycles. The van der Waals surface area contributed by atoms with E-state index in [1.807, 2.05) is 48.5 Å². The van der Waals surface area contributed by atoms with Crippen LogP contribution in [0.5, 0.6) is 23.0 Å². The van der Waals surface area contributed by atoms with Crippen LogP contribution in [-0.4, -0.2) is 42.3 Å². The number of aliphatic carboxylic acids is 1. The molecular weight excluding hydrogens is 592 g/mol. The van der Waals surface area contributed by atoms with E-state index in [4.69, 9.17) is 30.5 Å². The van der Waals surface area contributed by atoms with Crippen molar-refractivity contribution in [3.63, 3.8) is 0 Å². The fourth-order valence-corrected chi connectivity index (χ4v) is 6.01. The SMILES string of the molecule is Cc1c(COc2cc(OCc3cccc(C#N)c3)c(CN3CC[C@@H](C(=O)O)C3)cc2Cl)cccc1-c1ccc2c(c1)OCCO2. The lowest BCUT2D eigenvalue weighted by Crippen LogP contribution is -2.23. The van der Waals surface area contributed by atoms with Crippen molar-refractivity contribution in [2.75, 3.05) is 26.3 Å². The highest BCUT2D eigenvalue weighted by atomic mass is 35.5. The Morgan fingerprint density at radius 2 is 1.78 bits per heavy atom. The number of carboxylic acid groups (broad SMARTS) is 1. The van der Waals surface area contributed by atoms with E-state index in [1.165, 1.54) is 0 Å². The quantitative estimate of drug-likeness (QED) is 0.201. The molecule has 2 aliphatic heterocycles. The molecule has 0 saturated carbocycles. The first-order chi connectivity index (χ1) is 21.9. The van der Waals surface area contributed by atoms with E-state index >= 15 is 0 Å². The highest BCUT2D eigenvalue weighted by molar-refractivity contribution is 6.32. The van der Waals surface area contributed by atoms with Gasteiger partial charge < -0.3 is 24.1 Å². The highest BCUT2D eigenvalue weighted by Gasteiger charge is 2.28. The van der Waals surface area contributed by atoms with Crippen LogP contribution < -0.4 is 18.9 Å². The summed E-state index contributed by atoms with van der Waals surface area (Å²) in [5.41, 5.74) is 6.45. The second-order valence-corrected chi connectivity index (χ2v) is 11.7. The van der Waals surface area contributed by atoms with E-state index in [0.717, 1.165) is 44.9 Å². The number of nitrogens with zero attached hydrogens (tertiary/aromatic N) is 2. The van der Waals surface area contributed by atoms with Gasteiger partial charge in [0.15, 0.2) is 11.5 Å². The normalized spacial score (nSPS) is 15.8. The molecule has 0 radical (unpaired) electrons. The molecule has 6 rings (SSSR count). The van der Waals surface area contributed by atoms with Crippen molar-refractivity contribution in [1.82, 2.24) is 4.90 Å². The summed E-state index contributed by atoms with van der Waals surface area (Å²) in [7, 11) is 0. The molecule has 1 saturated heterocycles. The zero-order valence-electron chi connectivity index (χ0n) is 24.9. The summed E-state index contributed by atoms with van der Waals surface area (Å²) in [6.45, 7) is 5.32. The van der Waals surface area contributed by atoms with Gasteiger partial charge in [-0.05, 0) is 78.0 Å². The molecule has 0 bridgehead atoms. The number of hydrogen-bond donors (Lipinski definition) is 1. The maximum atomic E-state index is 11.5. The summed E-state index contributed by atoms with van der Waals surface area (Å²) in [6, 6.07) is 25.2. The second-order valence-electron chi connectivity index (χ2n) is 11.3. The van der Waals surface area contributed by atoms with Gasteiger partial charge in [0, 0.05) is 24.7 Å². The molecule has 0 unspecified atom stereocenters. The monoisotopic (exact) mass is 624 g/mol. The molecular formula is C36H33ClN2O6. The lowest BCUT2D eigenvalue weighted by Gasteiger charge is -2.21. The topological polar surface area (TPSA) is 101 Å². The van der Waals surface area contributed by atoms with Crippen LogP contribution in [0.25, 0.3) is 11.1 Å². The Morgan fingerprint density at radius 1 is 0.978 bits per heavy atom. The number of ether oxygens (including phenoxy) is 4. The van der Waals surface area contributed by atoms with Crippen molar-refractivity contribution in [2.24, 2.45) is 5.92 Å². The Hall–Kier alpha value is -4.71. The Bertz CT molecular complexity index is 1770. The minimum absolute atomic E-state index is 0.248. The first-order valence-electron chi connectivity index (χ1n) is 14.9. The number of nitriles is 1. The van der Waals surface area contributed by atoms with Gasteiger partial charge in [0.25, 0.3) is 0 Å². The van der Waals surface area contributed by atoms with Crippen LogP contribution in [0.1, 0.15) is 34.2 Å². The first-order valence-corrected chi connectivity index (χ1v) is 15.3. The molecule has 9 heteroatoms. The maximum absolute atomic E-state index is 11.5. The molecule has 0 amide bonds. The van der Waals surface area contributed by atoms with Crippen LogP contribution in [-0.2, 0) is 24.6 Å². The molecule has 8 nitrogen and oxygen atoms in total. The van der Waals surface area contributed by atoms with E-state index in [9.17, 15) is 15.2 Å². The molecule has 1 fully saturated rings. The Kier molecular flexibility index (Phi) is 9.11. The van der Waals surface area contributed by atoms with Crippen molar-refractivity contribution < 1.29 is 28.8 Å². The van der Waals surface area contributed by atoms with Gasteiger partial charge in [0.05, 0.1) is 22.6 Å². The number of hydrogen-bond acceptors (Lipinski definition) is 7. The molecule has 2 aliphatic rings. The maximum Gasteiger partial charge on any atom is 0.307 e. The number of carbonyl (C=O) groups is 1. The molecule has 4 aromatic carbocycles. The van der Waals surface area contributed by atoms with E-state index in [1.54, 1.807) is 18.2 Å². The van der Waals surface area contributed by atoms with E-state index < -0.39 is 5.97 Å². The Labute approximate surface area is 267 Å². The summed E-state index contributed by atoms with van der Waals surface area (Å²) >= 11 is 6.77. The van der Waals surface area contributed by atoms with Gasteiger partial charge in [-0.2, -0.15) is 5.26 Å². The van der Waals surface area contributed by atoms with Crippen LogP contribution >= 0.6 is 11.6 Å². The predicted molar refractivity (Wildman–Crippen MR) is 170 cm³/mol. The van der Waals surface area contributed by atoms with E-state index in [0.29, 0.717) is 68.0 Å². The van der Waals surface area contributed by atoms with Crippen molar-refractivity contribution >= 4 is 17.6 Å². The standard InChI is InChI=1S/C36H33ClN2O6/c1-23-28(6-3-7-30(23)26-8-9-32-35(16-26)43-13-12-42-32)22-45-34-17-33(44-21-25-5-2-4-24(14-25)18-38)29(15-31(34)37)20-39-11-10-27(19-39)36(40)41/h2-9,14-17,27H,10-13,19-22H2,1H3,(H,40,41)/t27-/m1/s1. The molecule has 45 heavy (non-hydrogen) atoms. The zero-order chi connectivity index (χ0) is 31.3. The number of fused-ring (bicyclic) bond motifs is 1. The zero-order valence-corrected chi connectivity index (χ0v) is 25.7. The average molecular weight is 625 g/mol. The lowest BCUT2D eigenvalue weighted by atomic mass is 9.96. The van der Waals surface area contributed by atoms with Gasteiger partial charge in [0.1, 0.15) is 37.9 Å². The largest absolute Gasteiger partial charge is 0.488 e. The second kappa shape index (κ2) is 13.5. The molecule has 0 spiro atoms. The molecule has 1 atom stereocenters. The van der Waals surface area contributed by atoms with Crippen LogP contribution in [0, 0.1) is 24.2 Å². The minimum atomic E-state index is -0.776. The fourth-order valence-electron chi connectivity index (χ4n) is 5.77. The van der Waals surface area contributed by atoms with Gasteiger partial charge in [-0.3, -0.25) is 9.69 Å². The molecule has 4 aromatic rings. The summed E-state index contributed by atoms with van der Waals surface area (Å²) in [5.74, 6) is 1.41. The van der Waals surface area contributed by atoms with Gasteiger partial charge in [0.2, 0.25) is 0 Å². The van der Waals surface area contributed by atoms with Gasteiger partial charge in [-0.25, -0.2) is 0 Å². The molecule has 1 N–H and O–H groups in total. The first kappa shape index (κ1) is 30.3. The van der Waals surface area contributed by atoms with E-state index in [-0.39, 0.29) is 12.5 Å². The Balaban J connectivity index is 1.23. The van der Waals surface area contributed by atoms with Crippen molar-refractivity contribution in [3.8, 4) is 40.2 Å². The van der Waals surface area contributed by atoms with Crippen LogP contribution in [0.15, 0.2) is 72.8 Å². The smallest absolute Gasteiger partial charge is 0.307 e. The lowest BCUT2D eigenvalue weighted by molar-refractivity contribution is -0.141. The third kappa shape index (κ3) is 7.01. The molecule has 230 valence electrons. The van der Waals surface area contributed by atoms with Gasteiger partial charge in [-0.1, -0.05) is 48.0 Å². The third-order valence-electron chi connectivity index (χ3n) is 8.26. The van der Waals surface area contributed by atoms with Crippen LogP contribution in [0.3, 0.4) is 0 Å². The van der Waals surface area contributed by atoms with Crippen molar-refractivity contribution in [3.05, 3.63) is 106 Å². The summed E-state index contributed by atoms with van der Waals surface area (Å²) in [5, 5.41) is 19.2. The number of carboxylic acids is 1. The summed E-state index contributed by atoms with van der Waals surface area (Å²) in [4.78, 5) is 13.6. The van der Waals surface area contributed by atoms with E-state index in [2.05, 4.69) is 24.0 Å². The number of likely N-dealkylation sites (tertiary alicyclic amines) is 1. The van der Waals surface area contributed by atoms with Gasteiger partial charge in [-0.15, -0.1) is 0 Å². The Morgan fingerprint density at radius 3 is 2.58 bits per heavy atom. The number of rotatable bonds is 10. The highest BCUT2D eigenvalue weighted by Crippen LogP contribution is 2.38. The molecule has 0 aromatic heterocycles. The fraction of sp³-hybridized carbons (Fsp3) is 0.278. The van der Waals surface area contributed by atoms with Crippen molar-refractivity contribution in [1.29, 1.82) is 5.26 Å². The summed E-state index contributed by atoms with van der Waals surface area (Å²) < 4.78 is 24.1. The average Bonchev–Trinajstić information content (AvgIpc) is 3.53. The minimum Gasteiger partial charge on any atom is -0.488 e. The number of halogens is 1. The van der Waals surface area contributed by atoms with Crippen LogP contribution in [0.4, 0.5) is 0 Å². The van der Waals surface area contributed by atoms with Gasteiger partial charge >= 0.3 is 5.97 Å². The number of benzene rings is 4. The molecule has 0 aliphatic carbocycles. The predicted octanol–water partition coefficient (Wildman–Crippen LogP) is 7.02. The van der Waals surface area contributed by atoms with Crippen LogP contribution in [0.2, 0.25) is 5.02 Å². The third-order valence-corrected chi connectivity index (χ3v) is 8.56.